The zero-order chi connectivity index (χ0) is 20.2. The van der Waals surface area contributed by atoms with Gasteiger partial charge in [0, 0.05) is 42.6 Å². The molecule has 3 aliphatic rings. The zero-order valence-corrected chi connectivity index (χ0v) is 16.9. The Morgan fingerprint density at radius 3 is 2.68 bits per heavy atom. The third-order valence-corrected chi connectivity index (χ3v) is 6.39. The predicted octanol–water partition coefficient (Wildman–Crippen LogP) is 1.75. The molecule has 1 aromatic carbocycles. The van der Waals surface area contributed by atoms with E-state index in [0.29, 0.717) is 35.8 Å². The van der Waals surface area contributed by atoms with Gasteiger partial charge in [0.05, 0.1) is 11.8 Å². The Morgan fingerprint density at radius 2 is 2.00 bits per heavy atom. The number of rotatable bonds is 5. The summed E-state index contributed by atoms with van der Waals surface area (Å²) in [6.45, 7) is 4.74. The Kier molecular flexibility index (Phi) is 4.72. The van der Waals surface area contributed by atoms with E-state index in [9.17, 15) is 14.4 Å². The van der Waals surface area contributed by atoms with Crippen molar-refractivity contribution in [3.8, 4) is 0 Å². The third-order valence-electron chi connectivity index (χ3n) is 6.15. The van der Waals surface area contributed by atoms with Crippen molar-refractivity contribution in [2.24, 2.45) is 17.8 Å². The monoisotopic (exact) mass is 405 g/mol. The normalized spacial score (nSPS) is 31.1. The van der Waals surface area contributed by atoms with Gasteiger partial charge in [-0.15, -0.1) is 0 Å². The number of ether oxygens (including phenoxy) is 1. The van der Waals surface area contributed by atoms with Crippen LogP contribution in [0.1, 0.15) is 25.8 Å². The zero-order valence-electron chi connectivity index (χ0n) is 16.1. The Morgan fingerprint density at radius 1 is 1.25 bits per heavy atom. The number of carbonyl (C=O) groups is 3. The van der Waals surface area contributed by atoms with Crippen LogP contribution in [-0.2, 0) is 24.7 Å². The molecule has 3 heterocycles. The number of carbonyl (C=O) groups excluding carboxylic acids is 3. The largest absolute Gasteiger partial charge is 0.385 e. The quantitative estimate of drug-likeness (QED) is 0.575. The molecule has 1 spiro atoms. The van der Waals surface area contributed by atoms with Gasteiger partial charge in [0.2, 0.25) is 17.7 Å². The van der Waals surface area contributed by atoms with Crippen LogP contribution in [-0.4, -0.2) is 48.9 Å². The summed E-state index contributed by atoms with van der Waals surface area (Å²) in [4.78, 5) is 41.1. The first-order valence-electron chi connectivity index (χ1n) is 9.56. The van der Waals surface area contributed by atoms with Gasteiger partial charge in [0.1, 0.15) is 5.54 Å². The Bertz CT molecular complexity index is 858. The first kappa shape index (κ1) is 19.4. The van der Waals surface area contributed by atoms with E-state index in [2.05, 4.69) is 10.6 Å². The molecular formula is C20H24ClN3O4. The molecule has 1 aromatic rings. The SMILES string of the molecule is COCCCN1C(=O)[C@H]2C(C(C)C)NC3(C(=O)Nc4ccc(Cl)cc43)[C@H]2C1=O. The summed E-state index contributed by atoms with van der Waals surface area (Å²) in [6, 6.07) is 4.86. The number of benzene rings is 1. The third kappa shape index (κ3) is 2.53. The fourth-order valence-electron chi connectivity index (χ4n) is 4.93. The molecule has 3 amide bonds. The first-order valence-corrected chi connectivity index (χ1v) is 9.94. The van der Waals surface area contributed by atoms with Crippen molar-refractivity contribution in [2.45, 2.75) is 31.8 Å². The van der Waals surface area contributed by atoms with Crippen molar-refractivity contribution in [3.05, 3.63) is 28.8 Å². The van der Waals surface area contributed by atoms with Crippen molar-refractivity contribution in [1.82, 2.24) is 10.2 Å². The van der Waals surface area contributed by atoms with Crippen molar-refractivity contribution in [2.75, 3.05) is 25.6 Å². The number of halogens is 1. The van der Waals surface area contributed by atoms with Gasteiger partial charge >= 0.3 is 0 Å². The number of hydrogen-bond donors (Lipinski definition) is 2. The summed E-state index contributed by atoms with van der Waals surface area (Å²) >= 11 is 6.21. The number of likely N-dealkylation sites (tertiary alicyclic amines) is 1. The molecule has 0 aliphatic carbocycles. The highest BCUT2D eigenvalue weighted by Gasteiger charge is 2.70. The molecule has 0 aromatic heterocycles. The maximum Gasteiger partial charge on any atom is 0.250 e. The number of fused-ring (bicyclic) bond motifs is 4. The maximum atomic E-state index is 13.4. The predicted molar refractivity (Wildman–Crippen MR) is 104 cm³/mol. The van der Waals surface area contributed by atoms with Crippen molar-refractivity contribution < 1.29 is 19.1 Å². The van der Waals surface area contributed by atoms with Crippen LogP contribution in [0.15, 0.2) is 18.2 Å². The van der Waals surface area contributed by atoms with Gasteiger partial charge in [-0.2, -0.15) is 0 Å². The number of methoxy groups -OCH3 is 1. The van der Waals surface area contributed by atoms with Crippen LogP contribution in [0.2, 0.25) is 5.02 Å². The van der Waals surface area contributed by atoms with Crippen LogP contribution in [0.25, 0.3) is 0 Å². The van der Waals surface area contributed by atoms with Gasteiger partial charge in [-0.3, -0.25) is 24.6 Å². The molecule has 7 nitrogen and oxygen atoms in total. The lowest BCUT2D eigenvalue weighted by molar-refractivity contribution is -0.143. The summed E-state index contributed by atoms with van der Waals surface area (Å²) in [5.74, 6) is -2.11. The molecule has 28 heavy (non-hydrogen) atoms. The van der Waals surface area contributed by atoms with Crippen LogP contribution in [0.3, 0.4) is 0 Å². The number of anilines is 1. The fourth-order valence-corrected chi connectivity index (χ4v) is 5.10. The Labute approximate surface area is 168 Å². The number of nitrogens with one attached hydrogen (secondary N) is 2. The molecule has 0 saturated carbocycles. The van der Waals surface area contributed by atoms with Crippen LogP contribution >= 0.6 is 11.6 Å². The van der Waals surface area contributed by atoms with Gasteiger partial charge in [0.25, 0.3) is 0 Å². The molecular weight excluding hydrogens is 382 g/mol. The van der Waals surface area contributed by atoms with E-state index in [4.69, 9.17) is 16.3 Å². The van der Waals surface area contributed by atoms with E-state index in [1.54, 1.807) is 25.3 Å². The van der Waals surface area contributed by atoms with Gasteiger partial charge in [-0.05, 0) is 30.5 Å². The fraction of sp³-hybridized carbons (Fsp3) is 0.550. The van der Waals surface area contributed by atoms with Crippen LogP contribution in [0, 0.1) is 17.8 Å². The molecule has 150 valence electrons. The minimum absolute atomic E-state index is 0.0681. The molecule has 8 heteroatoms. The van der Waals surface area contributed by atoms with Crippen LogP contribution < -0.4 is 10.6 Å². The van der Waals surface area contributed by atoms with Gasteiger partial charge < -0.3 is 10.1 Å². The number of nitrogens with zero attached hydrogens (tertiary/aromatic N) is 1. The number of imide groups is 1. The van der Waals surface area contributed by atoms with E-state index in [0.717, 1.165) is 0 Å². The maximum absolute atomic E-state index is 13.4. The summed E-state index contributed by atoms with van der Waals surface area (Å²) in [7, 11) is 1.58. The highest BCUT2D eigenvalue weighted by molar-refractivity contribution is 6.31. The average molecular weight is 406 g/mol. The second-order valence-corrected chi connectivity index (χ2v) is 8.48. The van der Waals surface area contributed by atoms with Crippen molar-refractivity contribution >= 4 is 35.0 Å². The smallest absolute Gasteiger partial charge is 0.250 e. The minimum atomic E-state index is -1.28. The second kappa shape index (κ2) is 6.83. The standard InChI is InChI=1S/C20H24ClN3O4/c1-10(2)16-14-15(18(26)24(17(14)25)7-4-8-28-3)20(23-16)12-9-11(21)5-6-13(12)22-19(20)27/h5-6,9-10,14-16,23H,4,7-8H2,1-3H3,(H,22,27)/t14-,15-,16?,20?/m1/s1. The average Bonchev–Trinajstić information content (AvgIpc) is 3.23. The van der Waals surface area contributed by atoms with Crippen molar-refractivity contribution in [1.29, 1.82) is 0 Å². The summed E-state index contributed by atoms with van der Waals surface area (Å²) in [5.41, 5.74) is -0.00560. The molecule has 0 bridgehead atoms. The molecule has 4 atom stereocenters. The lowest BCUT2D eigenvalue weighted by Gasteiger charge is -2.30. The number of amides is 3. The number of hydrogen-bond acceptors (Lipinski definition) is 5. The summed E-state index contributed by atoms with van der Waals surface area (Å²) in [6.07, 6.45) is 0.564. The highest BCUT2D eigenvalue weighted by Crippen LogP contribution is 2.54. The van der Waals surface area contributed by atoms with E-state index >= 15 is 0 Å². The highest BCUT2D eigenvalue weighted by atomic mass is 35.5. The van der Waals surface area contributed by atoms with Gasteiger partial charge in [-0.25, -0.2) is 0 Å². The van der Waals surface area contributed by atoms with E-state index in [-0.39, 0.29) is 29.7 Å². The molecule has 3 aliphatic heterocycles. The molecule has 2 fully saturated rings. The first-order chi connectivity index (χ1) is 13.3. The van der Waals surface area contributed by atoms with Gasteiger partial charge in [-0.1, -0.05) is 25.4 Å². The lowest BCUT2D eigenvalue weighted by Crippen LogP contribution is -2.54. The Hall–Kier alpha value is -1.96. The minimum Gasteiger partial charge on any atom is -0.385 e. The summed E-state index contributed by atoms with van der Waals surface area (Å²) in [5, 5.41) is 6.74. The topological polar surface area (TPSA) is 87.7 Å². The molecule has 2 N–H and O–H groups in total. The van der Waals surface area contributed by atoms with E-state index in [1.165, 1.54) is 4.90 Å². The lowest BCUT2D eigenvalue weighted by atomic mass is 9.76. The van der Waals surface area contributed by atoms with Crippen LogP contribution in [0.4, 0.5) is 5.69 Å². The van der Waals surface area contributed by atoms with Crippen molar-refractivity contribution in [3.63, 3.8) is 0 Å². The molecule has 0 radical (unpaired) electrons. The summed E-state index contributed by atoms with van der Waals surface area (Å²) < 4.78 is 5.06. The van der Waals surface area contributed by atoms with E-state index in [1.807, 2.05) is 13.8 Å². The molecule has 2 unspecified atom stereocenters. The molecule has 2 saturated heterocycles. The second-order valence-electron chi connectivity index (χ2n) is 8.04. The van der Waals surface area contributed by atoms with Crippen LogP contribution in [0.5, 0.6) is 0 Å². The Balaban J connectivity index is 1.81. The van der Waals surface area contributed by atoms with Gasteiger partial charge in [0.15, 0.2) is 0 Å². The molecule has 4 rings (SSSR count). The van der Waals surface area contributed by atoms with E-state index < -0.39 is 17.4 Å².